The first-order chi connectivity index (χ1) is 8.67. The van der Waals surface area contributed by atoms with E-state index in [1.165, 1.54) is 6.33 Å². The third kappa shape index (κ3) is 4.29. The van der Waals surface area contributed by atoms with Crippen LogP contribution in [0.5, 0.6) is 5.88 Å². The molecule has 18 heavy (non-hydrogen) atoms. The molecule has 2 N–H and O–H groups in total. The van der Waals surface area contributed by atoms with Crippen LogP contribution >= 0.6 is 0 Å². The Balaban J connectivity index is 2.71. The fourth-order valence-corrected chi connectivity index (χ4v) is 1.20. The molecule has 0 aliphatic rings. The van der Waals surface area contributed by atoms with Crippen LogP contribution in [-0.4, -0.2) is 33.7 Å². The average Bonchev–Trinajstić information content (AvgIpc) is 2.36. The van der Waals surface area contributed by atoms with Crippen molar-refractivity contribution in [3.63, 3.8) is 0 Å². The van der Waals surface area contributed by atoms with Gasteiger partial charge in [0.1, 0.15) is 18.2 Å². The van der Waals surface area contributed by atoms with E-state index in [4.69, 9.17) is 16.3 Å². The first-order valence-corrected chi connectivity index (χ1v) is 5.55. The topological polar surface area (TPSA) is 84.3 Å². The standard InChI is InChI=1S/C12H15N3O3/c1-3-5-9(12(16)17)15-10-7-11(14-8-13-10)18-6-4-2/h1,7-9H,4-6H2,2H3,(H,16,17)(H,13,14,15). The molecule has 0 saturated heterocycles. The van der Waals surface area contributed by atoms with Gasteiger partial charge in [0.15, 0.2) is 0 Å². The van der Waals surface area contributed by atoms with E-state index in [0.717, 1.165) is 6.42 Å². The molecular formula is C12H15N3O3. The van der Waals surface area contributed by atoms with Crippen molar-refractivity contribution in [2.24, 2.45) is 0 Å². The normalized spacial score (nSPS) is 11.3. The second-order valence-corrected chi connectivity index (χ2v) is 3.53. The Kier molecular flexibility index (Phi) is 5.45. The molecule has 0 bridgehead atoms. The third-order valence-corrected chi connectivity index (χ3v) is 2.04. The molecule has 0 aliphatic carbocycles. The van der Waals surface area contributed by atoms with Gasteiger partial charge in [0.05, 0.1) is 6.61 Å². The van der Waals surface area contributed by atoms with Crippen molar-refractivity contribution < 1.29 is 14.6 Å². The SMILES string of the molecule is C#CCC(Nc1cc(OCCC)ncn1)C(=O)O. The molecular weight excluding hydrogens is 234 g/mol. The van der Waals surface area contributed by atoms with Crippen LogP contribution in [0.2, 0.25) is 0 Å². The number of rotatable bonds is 7. The van der Waals surface area contributed by atoms with E-state index in [-0.39, 0.29) is 6.42 Å². The van der Waals surface area contributed by atoms with Crippen LogP contribution in [-0.2, 0) is 4.79 Å². The van der Waals surface area contributed by atoms with Crippen LogP contribution in [0.25, 0.3) is 0 Å². The Labute approximate surface area is 105 Å². The molecule has 6 heteroatoms. The molecule has 6 nitrogen and oxygen atoms in total. The van der Waals surface area contributed by atoms with Crippen LogP contribution in [0.15, 0.2) is 12.4 Å². The maximum atomic E-state index is 10.9. The molecule has 1 aromatic rings. The molecule has 0 aliphatic heterocycles. The van der Waals surface area contributed by atoms with Gasteiger partial charge in [-0.05, 0) is 6.42 Å². The summed E-state index contributed by atoms with van der Waals surface area (Å²) >= 11 is 0. The largest absolute Gasteiger partial charge is 0.480 e. The van der Waals surface area contributed by atoms with Crippen molar-refractivity contribution in [1.29, 1.82) is 0 Å². The van der Waals surface area contributed by atoms with Crippen molar-refractivity contribution in [3.8, 4) is 18.2 Å². The summed E-state index contributed by atoms with van der Waals surface area (Å²) in [5.41, 5.74) is 0. The summed E-state index contributed by atoms with van der Waals surface area (Å²) in [5.74, 6) is 2.05. The number of carbonyl (C=O) groups is 1. The summed E-state index contributed by atoms with van der Waals surface area (Å²) < 4.78 is 5.32. The maximum absolute atomic E-state index is 10.9. The zero-order valence-corrected chi connectivity index (χ0v) is 10.1. The van der Waals surface area contributed by atoms with Gasteiger partial charge in [-0.1, -0.05) is 6.92 Å². The van der Waals surface area contributed by atoms with E-state index in [1.807, 2.05) is 6.92 Å². The third-order valence-electron chi connectivity index (χ3n) is 2.04. The van der Waals surface area contributed by atoms with Gasteiger partial charge in [0.2, 0.25) is 5.88 Å². The van der Waals surface area contributed by atoms with Crippen molar-refractivity contribution in [3.05, 3.63) is 12.4 Å². The molecule has 96 valence electrons. The molecule has 0 fully saturated rings. The van der Waals surface area contributed by atoms with Gasteiger partial charge in [-0.2, -0.15) is 0 Å². The number of aromatic nitrogens is 2. The van der Waals surface area contributed by atoms with Crippen molar-refractivity contribution in [2.75, 3.05) is 11.9 Å². The van der Waals surface area contributed by atoms with Crippen LogP contribution in [0.3, 0.4) is 0 Å². The quantitative estimate of drug-likeness (QED) is 0.705. The number of nitrogens with zero attached hydrogens (tertiary/aromatic N) is 2. The highest BCUT2D eigenvalue weighted by Crippen LogP contribution is 2.13. The highest BCUT2D eigenvalue weighted by Gasteiger charge is 2.16. The van der Waals surface area contributed by atoms with Gasteiger partial charge in [-0.25, -0.2) is 14.8 Å². The summed E-state index contributed by atoms with van der Waals surface area (Å²) in [5, 5.41) is 11.7. The van der Waals surface area contributed by atoms with E-state index in [0.29, 0.717) is 18.3 Å². The molecule has 1 aromatic heterocycles. The first kappa shape index (κ1) is 13.8. The van der Waals surface area contributed by atoms with Crippen LogP contribution in [0, 0.1) is 12.3 Å². The molecule has 0 aromatic carbocycles. The Hall–Kier alpha value is -2.29. The highest BCUT2D eigenvalue weighted by molar-refractivity contribution is 5.77. The van der Waals surface area contributed by atoms with Crippen molar-refractivity contribution in [2.45, 2.75) is 25.8 Å². The molecule has 0 saturated carbocycles. The molecule has 1 atom stereocenters. The van der Waals surface area contributed by atoms with Gasteiger partial charge in [-0.3, -0.25) is 0 Å². The number of aliphatic carboxylic acids is 1. The smallest absolute Gasteiger partial charge is 0.327 e. The molecule has 0 amide bonds. The molecule has 0 radical (unpaired) electrons. The predicted octanol–water partition coefficient (Wildman–Crippen LogP) is 1.15. The summed E-state index contributed by atoms with van der Waals surface area (Å²) in [6, 6.07) is 0.672. The number of ether oxygens (including phenoxy) is 1. The highest BCUT2D eigenvalue weighted by atomic mass is 16.5. The number of anilines is 1. The lowest BCUT2D eigenvalue weighted by atomic mass is 10.2. The lowest BCUT2D eigenvalue weighted by Gasteiger charge is -2.12. The van der Waals surface area contributed by atoms with Gasteiger partial charge < -0.3 is 15.2 Å². The zero-order valence-electron chi connectivity index (χ0n) is 10.1. The van der Waals surface area contributed by atoms with Gasteiger partial charge in [0.25, 0.3) is 0 Å². The van der Waals surface area contributed by atoms with E-state index in [2.05, 4.69) is 21.2 Å². The number of carboxylic acids is 1. The van der Waals surface area contributed by atoms with Crippen LogP contribution in [0.4, 0.5) is 5.82 Å². The van der Waals surface area contributed by atoms with Crippen LogP contribution < -0.4 is 10.1 Å². The Morgan fingerprint density at radius 1 is 1.67 bits per heavy atom. The van der Waals surface area contributed by atoms with E-state index >= 15 is 0 Å². The number of terminal acetylenes is 1. The molecule has 1 unspecified atom stereocenters. The summed E-state index contributed by atoms with van der Waals surface area (Å²) in [7, 11) is 0. The molecule has 0 spiro atoms. The van der Waals surface area contributed by atoms with E-state index in [1.54, 1.807) is 6.07 Å². The number of nitrogens with one attached hydrogen (secondary N) is 1. The Bertz CT molecular complexity index is 442. The lowest BCUT2D eigenvalue weighted by Crippen LogP contribution is -2.29. The minimum atomic E-state index is -1.03. The second kappa shape index (κ2) is 7.12. The van der Waals surface area contributed by atoms with Gasteiger partial charge in [0, 0.05) is 12.5 Å². The fraction of sp³-hybridized carbons (Fsp3) is 0.417. The van der Waals surface area contributed by atoms with Gasteiger partial charge in [-0.15, -0.1) is 12.3 Å². The van der Waals surface area contributed by atoms with E-state index < -0.39 is 12.0 Å². The van der Waals surface area contributed by atoms with Crippen molar-refractivity contribution >= 4 is 11.8 Å². The second-order valence-electron chi connectivity index (χ2n) is 3.53. The Morgan fingerprint density at radius 2 is 2.44 bits per heavy atom. The van der Waals surface area contributed by atoms with Crippen molar-refractivity contribution in [1.82, 2.24) is 9.97 Å². The minimum absolute atomic E-state index is 0.0739. The zero-order chi connectivity index (χ0) is 13.4. The first-order valence-electron chi connectivity index (χ1n) is 5.55. The summed E-state index contributed by atoms with van der Waals surface area (Å²) in [6.07, 6.45) is 7.35. The Morgan fingerprint density at radius 3 is 3.06 bits per heavy atom. The monoisotopic (exact) mass is 249 g/mol. The molecule has 1 heterocycles. The van der Waals surface area contributed by atoms with Crippen LogP contribution in [0.1, 0.15) is 19.8 Å². The van der Waals surface area contributed by atoms with Gasteiger partial charge >= 0.3 is 5.97 Å². The summed E-state index contributed by atoms with van der Waals surface area (Å²) in [6.45, 7) is 2.52. The predicted molar refractivity (Wildman–Crippen MR) is 66.3 cm³/mol. The number of carboxylic acid groups (broad SMARTS) is 1. The maximum Gasteiger partial charge on any atom is 0.327 e. The number of hydrogen-bond donors (Lipinski definition) is 2. The fourth-order valence-electron chi connectivity index (χ4n) is 1.20. The number of hydrogen-bond acceptors (Lipinski definition) is 5. The summed E-state index contributed by atoms with van der Waals surface area (Å²) in [4.78, 5) is 18.7. The van der Waals surface area contributed by atoms with E-state index in [9.17, 15) is 4.79 Å². The minimum Gasteiger partial charge on any atom is -0.480 e. The molecule has 1 rings (SSSR count). The average molecular weight is 249 g/mol. The lowest BCUT2D eigenvalue weighted by molar-refractivity contribution is -0.137.